The van der Waals surface area contributed by atoms with Crippen molar-refractivity contribution in [3.05, 3.63) is 64.7 Å². The van der Waals surface area contributed by atoms with Crippen LogP contribution in [0.5, 0.6) is 0 Å². The summed E-state index contributed by atoms with van der Waals surface area (Å²) in [5.74, 6) is 5.78. The van der Waals surface area contributed by atoms with E-state index in [-0.39, 0.29) is 18.2 Å². The van der Waals surface area contributed by atoms with Crippen LogP contribution in [0.25, 0.3) is 0 Å². The fraction of sp³-hybridized carbons (Fsp3) is 0.261. The van der Waals surface area contributed by atoms with Gasteiger partial charge in [0.25, 0.3) is 5.91 Å². The van der Waals surface area contributed by atoms with Gasteiger partial charge in [-0.05, 0) is 42.8 Å². The maximum atomic E-state index is 12.5. The Morgan fingerprint density at radius 1 is 1.17 bits per heavy atom. The number of carbonyl (C=O) groups excluding carboxylic acids is 1. The molecule has 0 spiro atoms. The second-order valence-electron chi connectivity index (χ2n) is 6.75. The van der Waals surface area contributed by atoms with Crippen molar-refractivity contribution in [2.45, 2.75) is 20.5 Å². The SMILES string of the molecule is CO/N=C(/C(=O)N(C)C)c1cccc(C)c1CO/N=C(\C)C#Cc1cccc(P)c1. The average molecular weight is 423 g/mol. The van der Waals surface area contributed by atoms with Gasteiger partial charge in [0, 0.05) is 30.8 Å². The van der Waals surface area contributed by atoms with Gasteiger partial charge in [-0.25, -0.2) is 0 Å². The minimum atomic E-state index is -0.259. The summed E-state index contributed by atoms with van der Waals surface area (Å²) in [6, 6.07) is 13.5. The van der Waals surface area contributed by atoms with E-state index < -0.39 is 0 Å². The fourth-order valence-corrected chi connectivity index (χ4v) is 2.91. The van der Waals surface area contributed by atoms with E-state index in [9.17, 15) is 4.79 Å². The number of oxime groups is 2. The van der Waals surface area contributed by atoms with Crippen molar-refractivity contribution in [2.24, 2.45) is 10.3 Å². The first-order valence-corrected chi connectivity index (χ1v) is 9.87. The predicted molar refractivity (Wildman–Crippen MR) is 124 cm³/mol. The summed E-state index contributed by atoms with van der Waals surface area (Å²) in [6.45, 7) is 3.90. The number of amides is 1. The average Bonchev–Trinajstić information content (AvgIpc) is 2.71. The normalized spacial score (nSPS) is 11.4. The molecule has 1 amide bonds. The molecule has 0 fully saturated rings. The Morgan fingerprint density at radius 3 is 2.57 bits per heavy atom. The molecule has 0 radical (unpaired) electrons. The van der Waals surface area contributed by atoms with E-state index in [2.05, 4.69) is 31.4 Å². The Bertz CT molecular complexity index is 1030. The van der Waals surface area contributed by atoms with E-state index >= 15 is 0 Å². The van der Waals surface area contributed by atoms with Crippen molar-refractivity contribution >= 4 is 31.9 Å². The van der Waals surface area contributed by atoms with Crippen LogP contribution in [0, 0.1) is 18.8 Å². The molecule has 2 aromatic carbocycles. The van der Waals surface area contributed by atoms with E-state index in [1.807, 2.05) is 49.4 Å². The third kappa shape index (κ3) is 6.43. The van der Waals surface area contributed by atoms with Crippen LogP contribution in [-0.2, 0) is 21.1 Å². The number of rotatable bonds is 6. The van der Waals surface area contributed by atoms with Crippen LogP contribution < -0.4 is 5.30 Å². The molecular weight excluding hydrogens is 397 g/mol. The van der Waals surface area contributed by atoms with Crippen molar-refractivity contribution in [1.29, 1.82) is 0 Å². The van der Waals surface area contributed by atoms with Crippen LogP contribution in [0.3, 0.4) is 0 Å². The van der Waals surface area contributed by atoms with Gasteiger partial charge < -0.3 is 14.6 Å². The molecule has 30 heavy (non-hydrogen) atoms. The highest BCUT2D eigenvalue weighted by molar-refractivity contribution is 7.27. The molecule has 2 rings (SSSR count). The van der Waals surface area contributed by atoms with Gasteiger partial charge in [-0.15, -0.1) is 9.24 Å². The molecule has 7 heteroatoms. The Morgan fingerprint density at radius 2 is 1.90 bits per heavy atom. The van der Waals surface area contributed by atoms with Gasteiger partial charge in [0.2, 0.25) is 0 Å². The standard InChI is InChI=1S/C23H26N3O3P/c1-16-8-6-11-20(22(25-28-5)23(27)26(3)4)21(16)15-29-24-17(2)12-13-18-9-7-10-19(30)14-18/h6-11,14H,15,30H2,1-5H3/b24-17+,25-22+. The molecule has 2 aromatic rings. The fourth-order valence-electron chi connectivity index (χ4n) is 2.62. The van der Waals surface area contributed by atoms with Gasteiger partial charge in [0.1, 0.15) is 19.4 Å². The van der Waals surface area contributed by atoms with Gasteiger partial charge in [-0.1, -0.05) is 46.6 Å². The van der Waals surface area contributed by atoms with Crippen molar-refractivity contribution < 1.29 is 14.5 Å². The van der Waals surface area contributed by atoms with E-state index in [0.717, 1.165) is 22.0 Å². The minimum Gasteiger partial charge on any atom is -0.398 e. The van der Waals surface area contributed by atoms with Gasteiger partial charge in [0.15, 0.2) is 5.71 Å². The van der Waals surface area contributed by atoms with Gasteiger partial charge in [-0.2, -0.15) is 0 Å². The Kier molecular flexibility index (Phi) is 8.58. The van der Waals surface area contributed by atoms with Crippen molar-refractivity contribution in [1.82, 2.24) is 4.90 Å². The molecule has 0 aliphatic carbocycles. The zero-order valence-electron chi connectivity index (χ0n) is 17.9. The lowest BCUT2D eigenvalue weighted by molar-refractivity contribution is -0.121. The first kappa shape index (κ1) is 23.1. The van der Waals surface area contributed by atoms with Gasteiger partial charge in [-0.3, -0.25) is 4.79 Å². The molecule has 0 N–H and O–H groups in total. The van der Waals surface area contributed by atoms with Crippen LogP contribution >= 0.6 is 9.24 Å². The molecular formula is C23H26N3O3P. The lowest BCUT2D eigenvalue weighted by Crippen LogP contribution is -2.31. The Hall–Kier alpha value is -3.16. The second kappa shape index (κ2) is 11.1. The number of nitrogens with zero attached hydrogens (tertiary/aromatic N) is 3. The molecule has 0 aromatic heterocycles. The molecule has 1 atom stereocenters. The largest absolute Gasteiger partial charge is 0.398 e. The molecule has 0 aliphatic rings. The number of likely N-dealkylation sites (N-methyl/N-ethyl adjacent to an activating group) is 1. The summed E-state index contributed by atoms with van der Waals surface area (Å²) < 4.78 is 0. The molecule has 1 unspecified atom stereocenters. The maximum absolute atomic E-state index is 12.5. The minimum absolute atomic E-state index is 0.172. The van der Waals surface area contributed by atoms with E-state index in [0.29, 0.717) is 11.3 Å². The first-order chi connectivity index (χ1) is 14.3. The monoisotopic (exact) mass is 423 g/mol. The highest BCUT2D eigenvalue weighted by Gasteiger charge is 2.21. The molecule has 0 heterocycles. The van der Waals surface area contributed by atoms with E-state index in [1.165, 1.54) is 12.0 Å². The zero-order chi connectivity index (χ0) is 22.1. The quantitative estimate of drug-likeness (QED) is 0.311. The van der Waals surface area contributed by atoms with Gasteiger partial charge >= 0.3 is 0 Å². The van der Waals surface area contributed by atoms with Crippen LogP contribution in [0.4, 0.5) is 0 Å². The molecule has 6 nitrogen and oxygen atoms in total. The third-order valence-electron chi connectivity index (χ3n) is 4.14. The molecule has 0 aliphatic heterocycles. The Balaban J connectivity index is 2.22. The van der Waals surface area contributed by atoms with E-state index in [1.54, 1.807) is 21.0 Å². The molecule has 156 valence electrons. The topological polar surface area (TPSA) is 63.5 Å². The lowest BCUT2D eigenvalue weighted by Gasteiger charge is -2.16. The molecule has 0 bridgehead atoms. The maximum Gasteiger partial charge on any atom is 0.276 e. The summed E-state index contributed by atoms with van der Waals surface area (Å²) in [5, 5.41) is 9.11. The van der Waals surface area contributed by atoms with Crippen molar-refractivity contribution in [2.75, 3.05) is 21.2 Å². The number of benzene rings is 2. The number of aryl methyl sites for hydroxylation is 1. The lowest BCUT2D eigenvalue weighted by atomic mass is 9.98. The third-order valence-corrected chi connectivity index (χ3v) is 4.50. The highest BCUT2D eigenvalue weighted by Crippen LogP contribution is 2.18. The summed E-state index contributed by atoms with van der Waals surface area (Å²) >= 11 is 0. The Labute approximate surface area is 180 Å². The van der Waals surface area contributed by atoms with E-state index in [4.69, 9.17) is 9.68 Å². The van der Waals surface area contributed by atoms with Crippen LogP contribution in [0.1, 0.15) is 29.2 Å². The van der Waals surface area contributed by atoms with Crippen LogP contribution in [0.15, 0.2) is 52.8 Å². The summed E-state index contributed by atoms with van der Waals surface area (Å²) in [6.07, 6.45) is 0. The highest BCUT2D eigenvalue weighted by atomic mass is 31.0. The molecule has 0 saturated carbocycles. The number of hydrogen-bond acceptors (Lipinski definition) is 5. The first-order valence-electron chi connectivity index (χ1n) is 9.29. The summed E-state index contributed by atoms with van der Waals surface area (Å²) in [5.41, 5.74) is 4.08. The number of hydrogen-bond donors (Lipinski definition) is 0. The van der Waals surface area contributed by atoms with Crippen molar-refractivity contribution in [3.63, 3.8) is 0 Å². The van der Waals surface area contributed by atoms with Gasteiger partial charge in [0.05, 0.1) is 0 Å². The molecule has 0 saturated heterocycles. The zero-order valence-corrected chi connectivity index (χ0v) is 19.0. The smallest absolute Gasteiger partial charge is 0.276 e. The van der Waals surface area contributed by atoms with Crippen LogP contribution in [-0.4, -0.2) is 43.4 Å². The summed E-state index contributed by atoms with van der Waals surface area (Å²) in [7, 11) is 7.39. The predicted octanol–water partition coefficient (Wildman–Crippen LogP) is 2.88. The van der Waals surface area contributed by atoms with Crippen molar-refractivity contribution in [3.8, 4) is 11.8 Å². The van der Waals surface area contributed by atoms with Crippen LogP contribution in [0.2, 0.25) is 0 Å². The second-order valence-corrected chi connectivity index (χ2v) is 7.42. The summed E-state index contributed by atoms with van der Waals surface area (Å²) in [4.78, 5) is 24.4. The number of carbonyl (C=O) groups is 1.